The van der Waals surface area contributed by atoms with Crippen LogP contribution in [0.3, 0.4) is 0 Å². The van der Waals surface area contributed by atoms with Gasteiger partial charge in [0.15, 0.2) is 0 Å². The maximum absolute atomic E-state index is 13.2. The summed E-state index contributed by atoms with van der Waals surface area (Å²) in [6, 6.07) is 3.71. The Morgan fingerprint density at radius 2 is 1.95 bits per heavy atom. The number of carbonyl (C=O) groups excluding carboxylic acids is 1. The molecule has 1 aliphatic rings. The summed E-state index contributed by atoms with van der Waals surface area (Å²) in [7, 11) is 0. The van der Waals surface area contributed by atoms with E-state index in [-0.39, 0.29) is 29.6 Å². The summed E-state index contributed by atoms with van der Waals surface area (Å²) in [5.74, 6) is -1.09. The molecule has 0 bridgehead atoms. The predicted octanol–water partition coefficient (Wildman–Crippen LogP) is 2.52. The van der Waals surface area contributed by atoms with E-state index in [4.69, 9.17) is 15.2 Å². The van der Waals surface area contributed by atoms with Crippen LogP contribution in [-0.4, -0.2) is 24.3 Å². The fourth-order valence-electron chi connectivity index (χ4n) is 2.39. The van der Waals surface area contributed by atoms with Crippen molar-refractivity contribution < 1.29 is 18.7 Å². The Kier molecular flexibility index (Phi) is 4.04. The molecule has 2 unspecified atom stereocenters. The van der Waals surface area contributed by atoms with Crippen LogP contribution in [0.4, 0.5) is 10.1 Å². The van der Waals surface area contributed by atoms with E-state index in [1.165, 1.54) is 6.07 Å². The van der Waals surface area contributed by atoms with Crippen molar-refractivity contribution in [2.45, 2.75) is 45.0 Å². The van der Waals surface area contributed by atoms with Gasteiger partial charge in [0.25, 0.3) is 0 Å². The summed E-state index contributed by atoms with van der Waals surface area (Å²) in [5, 5.41) is 0. The molecule has 2 atom stereocenters. The number of carbonyl (C=O) groups is 1. The molecule has 1 aliphatic heterocycles. The van der Waals surface area contributed by atoms with Gasteiger partial charge < -0.3 is 15.2 Å². The molecule has 0 aliphatic carbocycles. The number of rotatable bonds is 2. The highest BCUT2D eigenvalue weighted by atomic mass is 19.1. The lowest BCUT2D eigenvalue weighted by atomic mass is 10.0. The van der Waals surface area contributed by atoms with Gasteiger partial charge in [-0.15, -0.1) is 0 Å². The third-order valence-corrected chi connectivity index (χ3v) is 3.08. The van der Waals surface area contributed by atoms with Gasteiger partial charge in [0, 0.05) is 18.5 Å². The van der Waals surface area contributed by atoms with Gasteiger partial charge in [0.1, 0.15) is 11.9 Å². The van der Waals surface area contributed by atoms with Crippen LogP contribution < -0.4 is 5.73 Å². The lowest BCUT2D eigenvalue weighted by molar-refractivity contribution is -0.0855. The maximum Gasteiger partial charge on any atom is 0.338 e. The number of hydrogen-bond acceptors (Lipinski definition) is 4. The smallest absolute Gasteiger partial charge is 0.338 e. The summed E-state index contributed by atoms with van der Waals surface area (Å²) in [6.45, 7) is 3.88. The third-order valence-electron chi connectivity index (χ3n) is 3.08. The molecular formula is C14H18FNO3. The molecule has 0 amide bonds. The van der Waals surface area contributed by atoms with E-state index in [2.05, 4.69) is 0 Å². The molecule has 2 N–H and O–H groups in total. The van der Waals surface area contributed by atoms with Crippen LogP contribution in [0.2, 0.25) is 0 Å². The second kappa shape index (κ2) is 5.57. The SMILES string of the molecule is CC1CC(OC(=O)c2cc(N)cc(F)c2)CC(C)O1. The fourth-order valence-corrected chi connectivity index (χ4v) is 2.39. The summed E-state index contributed by atoms with van der Waals surface area (Å²) in [6.07, 6.45) is 1.22. The Morgan fingerprint density at radius 3 is 2.53 bits per heavy atom. The lowest BCUT2D eigenvalue weighted by Gasteiger charge is -2.31. The third kappa shape index (κ3) is 3.67. The van der Waals surface area contributed by atoms with Crippen molar-refractivity contribution >= 4 is 11.7 Å². The van der Waals surface area contributed by atoms with Crippen LogP contribution >= 0.6 is 0 Å². The van der Waals surface area contributed by atoms with Gasteiger partial charge in [0.2, 0.25) is 0 Å². The van der Waals surface area contributed by atoms with Gasteiger partial charge in [-0.25, -0.2) is 9.18 Å². The molecular weight excluding hydrogens is 249 g/mol. The number of ether oxygens (including phenoxy) is 2. The molecule has 4 nitrogen and oxygen atoms in total. The van der Waals surface area contributed by atoms with Crippen molar-refractivity contribution in [3.05, 3.63) is 29.6 Å². The molecule has 19 heavy (non-hydrogen) atoms. The van der Waals surface area contributed by atoms with Crippen LogP contribution in [-0.2, 0) is 9.47 Å². The minimum absolute atomic E-state index is 0.0547. The van der Waals surface area contributed by atoms with Crippen molar-refractivity contribution in [2.24, 2.45) is 0 Å². The van der Waals surface area contributed by atoms with E-state index >= 15 is 0 Å². The fraction of sp³-hybridized carbons (Fsp3) is 0.500. The van der Waals surface area contributed by atoms with Gasteiger partial charge in [-0.2, -0.15) is 0 Å². The molecule has 1 heterocycles. The molecule has 1 fully saturated rings. The first-order chi connectivity index (χ1) is 8.94. The first-order valence-electron chi connectivity index (χ1n) is 6.36. The zero-order valence-corrected chi connectivity index (χ0v) is 11.1. The zero-order chi connectivity index (χ0) is 14.0. The van der Waals surface area contributed by atoms with Crippen LogP contribution in [0.1, 0.15) is 37.0 Å². The Morgan fingerprint density at radius 1 is 1.32 bits per heavy atom. The molecule has 0 spiro atoms. The number of esters is 1. The summed E-state index contributed by atoms with van der Waals surface area (Å²) >= 11 is 0. The van der Waals surface area contributed by atoms with E-state index in [0.29, 0.717) is 12.8 Å². The van der Waals surface area contributed by atoms with Crippen LogP contribution in [0.25, 0.3) is 0 Å². The van der Waals surface area contributed by atoms with Crippen LogP contribution in [0.5, 0.6) is 0 Å². The number of nitrogen functional groups attached to an aromatic ring is 1. The molecule has 5 heteroatoms. The van der Waals surface area contributed by atoms with Crippen molar-refractivity contribution in [2.75, 3.05) is 5.73 Å². The molecule has 104 valence electrons. The first kappa shape index (κ1) is 13.8. The monoisotopic (exact) mass is 267 g/mol. The van der Waals surface area contributed by atoms with Crippen LogP contribution in [0.15, 0.2) is 18.2 Å². The van der Waals surface area contributed by atoms with E-state index < -0.39 is 11.8 Å². The maximum atomic E-state index is 13.2. The highest BCUT2D eigenvalue weighted by Crippen LogP contribution is 2.23. The normalized spacial score (nSPS) is 27.0. The molecule has 2 rings (SSSR count). The molecule has 0 aromatic heterocycles. The second-order valence-electron chi connectivity index (χ2n) is 5.03. The Balaban J connectivity index is 2.04. The van der Waals surface area contributed by atoms with Gasteiger partial charge >= 0.3 is 5.97 Å². The molecule has 1 aromatic carbocycles. The number of benzene rings is 1. The highest BCUT2D eigenvalue weighted by molar-refractivity contribution is 5.90. The quantitative estimate of drug-likeness (QED) is 0.660. The van der Waals surface area contributed by atoms with Crippen molar-refractivity contribution in [1.82, 2.24) is 0 Å². The first-order valence-corrected chi connectivity index (χ1v) is 6.36. The second-order valence-corrected chi connectivity index (χ2v) is 5.03. The molecule has 1 saturated heterocycles. The Bertz CT molecular complexity index is 448. The molecule has 1 aromatic rings. The highest BCUT2D eigenvalue weighted by Gasteiger charge is 2.27. The topological polar surface area (TPSA) is 61.5 Å². The summed E-state index contributed by atoms with van der Waals surface area (Å²) in [5.41, 5.74) is 5.86. The number of nitrogens with two attached hydrogens (primary N) is 1. The van der Waals surface area contributed by atoms with Crippen molar-refractivity contribution in [1.29, 1.82) is 0 Å². The zero-order valence-electron chi connectivity index (χ0n) is 11.1. The van der Waals surface area contributed by atoms with Crippen LogP contribution in [0, 0.1) is 5.82 Å². The Labute approximate surface area is 111 Å². The van der Waals surface area contributed by atoms with Gasteiger partial charge in [-0.3, -0.25) is 0 Å². The Hall–Kier alpha value is -1.62. The summed E-state index contributed by atoms with van der Waals surface area (Å²) in [4.78, 5) is 11.9. The van der Waals surface area contributed by atoms with Gasteiger partial charge in [-0.05, 0) is 32.0 Å². The van der Waals surface area contributed by atoms with Gasteiger partial charge in [-0.1, -0.05) is 0 Å². The van der Waals surface area contributed by atoms with E-state index in [0.717, 1.165) is 12.1 Å². The number of halogens is 1. The number of hydrogen-bond donors (Lipinski definition) is 1. The number of anilines is 1. The lowest BCUT2D eigenvalue weighted by Crippen LogP contribution is -2.35. The van der Waals surface area contributed by atoms with Crippen molar-refractivity contribution in [3.8, 4) is 0 Å². The van der Waals surface area contributed by atoms with E-state index in [1.807, 2.05) is 13.8 Å². The molecule has 0 saturated carbocycles. The average Bonchev–Trinajstić information content (AvgIpc) is 2.25. The largest absolute Gasteiger partial charge is 0.459 e. The minimum atomic E-state index is -0.544. The summed E-state index contributed by atoms with van der Waals surface area (Å²) < 4.78 is 24.1. The molecule has 0 radical (unpaired) electrons. The van der Waals surface area contributed by atoms with Crippen molar-refractivity contribution in [3.63, 3.8) is 0 Å². The standard InChI is InChI=1S/C14H18FNO3/c1-8-3-13(4-9(2)18-8)19-14(17)10-5-11(15)7-12(16)6-10/h5-9,13H,3-4,16H2,1-2H3. The van der Waals surface area contributed by atoms with E-state index in [1.54, 1.807) is 0 Å². The predicted molar refractivity (Wildman–Crippen MR) is 69.3 cm³/mol. The minimum Gasteiger partial charge on any atom is -0.459 e. The average molecular weight is 267 g/mol. The van der Waals surface area contributed by atoms with Gasteiger partial charge in [0.05, 0.1) is 17.8 Å². The van der Waals surface area contributed by atoms with E-state index in [9.17, 15) is 9.18 Å².